The molecule has 21 heavy (non-hydrogen) atoms. The first-order valence-corrected chi connectivity index (χ1v) is 6.44. The van der Waals surface area contributed by atoms with Gasteiger partial charge in [-0.15, -0.1) is 0 Å². The maximum Gasteiger partial charge on any atom is 0.182 e. The third-order valence-electron chi connectivity index (χ3n) is 3.27. The second-order valence-electron chi connectivity index (χ2n) is 4.75. The van der Waals surface area contributed by atoms with E-state index in [0.717, 1.165) is 0 Å². The van der Waals surface area contributed by atoms with E-state index in [1.54, 1.807) is 23.4 Å². The van der Waals surface area contributed by atoms with Gasteiger partial charge in [0.2, 0.25) is 0 Å². The molecule has 0 saturated heterocycles. The lowest BCUT2D eigenvalue weighted by molar-refractivity contribution is 0.185. The second kappa shape index (κ2) is 5.45. The van der Waals surface area contributed by atoms with Gasteiger partial charge < -0.3 is 15.0 Å². The van der Waals surface area contributed by atoms with E-state index in [-0.39, 0.29) is 5.82 Å². The van der Waals surface area contributed by atoms with Crippen LogP contribution in [0.2, 0.25) is 0 Å². The maximum absolute atomic E-state index is 12.9. The van der Waals surface area contributed by atoms with Crippen molar-refractivity contribution in [2.75, 3.05) is 18.5 Å². The third-order valence-corrected chi connectivity index (χ3v) is 3.27. The second-order valence-corrected chi connectivity index (χ2v) is 4.75. The van der Waals surface area contributed by atoms with Gasteiger partial charge in [0.15, 0.2) is 11.5 Å². The number of likely N-dealkylation sites (N-methyl/N-ethyl adjacent to an activating group) is 1. The van der Waals surface area contributed by atoms with Crippen molar-refractivity contribution in [2.24, 2.45) is 0 Å². The summed E-state index contributed by atoms with van der Waals surface area (Å²) in [5.41, 5.74) is 1.94. The number of benzene rings is 1. The van der Waals surface area contributed by atoms with Crippen LogP contribution in [0.3, 0.4) is 0 Å². The van der Waals surface area contributed by atoms with Gasteiger partial charge in [-0.25, -0.2) is 19.3 Å². The van der Waals surface area contributed by atoms with Gasteiger partial charge in [0.05, 0.1) is 12.4 Å². The molecule has 0 amide bonds. The Bertz CT molecular complexity index is 742. The van der Waals surface area contributed by atoms with Gasteiger partial charge in [0.25, 0.3) is 0 Å². The fraction of sp³-hybridized carbons (Fsp3) is 0.214. The van der Waals surface area contributed by atoms with Gasteiger partial charge in [-0.1, -0.05) is 12.1 Å². The van der Waals surface area contributed by atoms with Gasteiger partial charge in [0, 0.05) is 13.6 Å². The number of H-pyrrole nitrogens is 1. The number of hydrogen-bond donors (Lipinski definition) is 2. The molecule has 2 aromatic heterocycles. The van der Waals surface area contributed by atoms with Crippen LogP contribution in [0.15, 0.2) is 36.9 Å². The highest BCUT2D eigenvalue weighted by atomic mass is 19.1. The highest BCUT2D eigenvalue weighted by Gasteiger charge is 2.15. The quantitative estimate of drug-likeness (QED) is 0.763. The summed E-state index contributed by atoms with van der Waals surface area (Å²) in [7, 11) is 1.81. The minimum Gasteiger partial charge on any atom is -0.387 e. The molecule has 0 aliphatic heterocycles. The van der Waals surface area contributed by atoms with Gasteiger partial charge in [-0.2, -0.15) is 0 Å². The van der Waals surface area contributed by atoms with Crippen molar-refractivity contribution >= 4 is 17.0 Å². The number of nitrogens with zero attached hydrogens (tertiary/aromatic N) is 4. The summed E-state index contributed by atoms with van der Waals surface area (Å²) >= 11 is 0. The molecule has 1 atom stereocenters. The Labute approximate surface area is 120 Å². The lowest BCUT2D eigenvalue weighted by atomic mass is 10.1. The summed E-state index contributed by atoms with van der Waals surface area (Å²) in [6, 6.07) is 5.80. The van der Waals surface area contributed by atoms with Crippen LogP contribution in [0.4, 0.5) is 10.2 Å². The first-order chi connectivity index (χ1) is 10.1. The topological polar surface area (TPSA) is 77.9 Å². The number of anilines is 1. The van der Waals surface area contributed by atoms with Crippen LogP contribution >= 0.6 is 0 Å². The van der Waals surface area contributed by atoms with Crippen molar-refractivity contribution in [1.82, 2.24) is 19.9 Å². The Morgan fingerprint density at radius 2 is 2.00 bits per heavy atom. The van der Waals surface area contributed by atoms with E-state index in [0.29, 0.717) is 29.1 Å². The van der Waals surface area contributed by atoms with E-state index in [9.17, 15) is 9.50 Å². The molecular weight excluding hydrogens is 273 g/mol. The molecule has 1 unspecified atom stereocenters. The molecule has 1 aromatic carbocycles. The fourth-order valence-corrected chi connectivity index (χ4v) is 2.18. The van der Waals surface area contributed by atoms with Crippen LogP contribution in [-0.4, -0.2) is 38.6 Å². The van der Waals surface area contributed by atoms with Crippen LogP contribution in [0.1, 0.15) is 11.7 Å². The molecule has 2 N–H and O–H groups in total. The van der Waals surface area contributed by atoms with Crippen LogP contribution < -0.4 is 4.90 Å². The maximum atomic E-state index is 12.9. The number of aliphatic hydroxyl groups excluding tert-OH is 1. The highest BCUT2D eigenvalue weighted by Crippen LogP contribution is 2.21. The average molecular weight is 287 g/mol. The zero-order chi connectivity index (χ0) is 14.8. The summed E-state index contributed by atoms with van der Waals surface area (Å²) in [4.78, 5) is 17.1. The summed E-state index contributed by atoms with van der Waals surface area (Å²) in [6.45, 7) is 0.316. The summed E-state index contributed by atoms with van der Waals surface area (Å²) in [6.07, 6.45) is 2.23. The zero-order valence-corrected chi connectivity index (χ0v) is 11.4. The molecule has 0 aliphatic carbocycles. The largest absolute Gasteiger partial charge is 0.387 e. The normalized spacial score (nSPS) is 12.5. The highest BCUT2D eigenvalue weighted by molar-refractivity contribution is 5.82. The summed E-state index contributed by atoms with van der Waals surface area (Å²) in [5, 5.41) is 10.2. The van der Waals surface area contributed by atoms with E-state index >= 15 is 0 Å². The number of aromatic nitrogens is 4. The van der Waals surface area contributed by atoms with E-state index in [1.165, 1.54) is 18.5 Å². The summed E-state index contributed by atoms with van der Waals surface area (Å²) < 4.78 is 12.9. The molecule has 3 aromatic rings. The number of halogens is 1. The lowest BCUT2D eigenvalue weighted by Gasteiger charge is -2.22. The number of fused-ring (bicyclic) bond motifs is 1. The Hall–Kier alpha value is -2.54. The minimum absolute atomic E-state index is 0.316. The number of nitrogens with one attached hydrogen (secondary N) is 1. The number of aliphatic hydroxyl groups is 1. The Morgan fingerprint density at radius 1 is 1.24 bits per heavy atom. The number of hydrogen-bond acceptors (Lipinski definition) is 5. The average Bonchev–Trinajstić information content (AvgIpc) is 2.96. The van der Waals surface area contributed by atoms with E-state index < -0.39 is 6.10 Å². The van der Waals surface area contributed by atoms with Crippen LogP contribution in [0.25, 0.3) is 11.2 Å². The van der Waals surface area contributed by atoms with Crippen LogP contribution in [0, 0.1) is 5.82 Å². The van der Waals surface area contributed by atoms with Crippen molar-refractivity contribution in [2.45, 2.75) is 6.10 Å². The molecule has 0 spiro atoms. The Balaban J connectivity index is 1.81. The molecule has 2 heterocycles. The molecule has 108 valence electrons. The minimum atomic E-state index is -0.747. The predicted octanol–water partition coefficient (Wildman–Crippen LogP) is 1.66. The lowest BCUT2D eigenvalue weighted by Crippen LogP contribution is -2.25. The first-order valence-electron chi connectivity index (χ1n) is 6.44. The Kier molecular flexibility index (Phi) is 3.49. The molecule has 7 heteroatoms. The van der Waals surface area contributed by atoms with E-state index in [1.807, 2.05) is 7.05 Å². The van der Waals surface area contributed by atoms with Crippen LogP contribution in [-0.2, 0) is 0 Å². The van der Waals surface area contributed by atoms with Crippen molar-refractivity contribution < 1.29 is 9.50 Å². The van der Waals surface area contributed by atoms with Crippen LogP contribution in [0.5, 0.6) is 0 Å². The van der Waals surface area contributed by atoms with E-state index in [4.69, 9.17) is 0 Å². The number of imidazole rings is 1. The monoisotopic (exact) mass is 287 g/mol. The zero-order valence-electron chi connectivity index (χ0n) is 11.4. The third kappa shape index (κ3) is 2.68. The molecular formula is C14H14FN5O. The number of aromatic amines is 1. The van der Waals surface area contributed by atoms with Gasteiger partial charge in [-0.3, -0.25) is 0 Å². The summed E-state index contributed by atoms with van der Waals surface area (Å²) in [5.74, 6) is 0.327. The predicted molar refractivity (Wildman–Crippen MR) is 76.3 cm³/mol. The fourth-order valence-electron chi connectivity index (χ4n) is 2.18. The van der Waals surface area contributed by atoms with Gasteiger partial charge >= 0.3 is 0 Å². The molecule has 3 rings (SSSR count). The van der Waals surface area contributed by atoms with Crippen molar-refractivity contribution in [3.05, 3.63) is 48.3 Å². The molecule has 6 nitrogen and oxygen atoms in total. The van der Waals surface area contributed by atoms with Crippen molar-refractivity contribution in [3.63, 3.8) is 0 Å². The molecule has 0 fully saturated rings. The van der Waals surface area contributed by atoms with Crippen molar-refractivity contribution in [1.29, 1.82) is 0 Å². The standard InChI is InChI=1S/C14H14FN5O/c1-20(6-11(21)9-2-4-10(15)5-3-9)14-12-13(17-7-16-12)18-8-19-14/h2-5,7-8,11,21H,6H2,1H3,(H,16,17,18,19). The molecule has 0 aliphatic rings. The molecule has 0 bridgehead atoms. The first kappa shape index (κ1) is 13.4. The smallest absolute Gasteiger partial charge is 0.182 e. The SMILES string of the molecule is CN(CC(O)c1ccc(F)cc1)c1ncnc2nc[nH]c12. The van der Waals surface area contributed by atoms with Crippen molar-refractivity contribution in [3.8, 4) is 0 Å². The Morgan fingerprint density at radius 3 is 2.76 bits per heavy atom. The molecule has 0 saturated carbocycles. The van der Waals surface area contributed by atoms with Gasteiger partial charge in [0.1, 0.15) is 17.7 Å². The van der Waals surface area contributed by atoms with E-state index in [2.05, 4.69) is 19.9 Å². The molecule has 0 radical (unpaired) electrons. The number of rotatable bonds is 4. The van der Waals surface area contributed by atoms with Gasteiger partial charge in [-0.05, 0) is 17.7 Å².